The number of nitrogens with zero attached hydrogens (tertiary/aromatic N) is 4. The van der Waals surface area contributed by atoms with Crippen molar-refractivity contribution < 1.29 is 0 Å². The van der Waals surface area contributed by atoms with Gasteiger partial charge in [-0.25, -0.2) is 4.98 Å². The molecule has 0 atom stereocenters. The van der Waals surface area contributed by atoms with E-state index in [2.05, 4.69) is 52.3 Å². The Morgan fingerprint density at radius 1 is 1.26 bits per heavy atom. The highest BCUT2D eigenvalue weighted by Gasteiger charge is 2.11. The third-order valence-corrected chi connectivity index (χ3v) is 3.35. The maximum atomic E-state index is 4.63. The Bertz CT molecular complexity index is 510. The highest BCUT2D eigenvalue weighted by Crippen LogP contribution is 2.13. The topological polar surface area (TPSA) is 47.7 Å². The average molecular weight is 261 g/mol. The molecule has 0 fully saturated rings. The van der Waals surface area contributed by atoms with Gasteiger partial charge in [0.05, 0.1) is 18.6 Å². The number of imidazole rings is 1. The van der Waals surface area contributed by atoms with Gasteiger partial charge in [-0.15, -0.1) is 0 Å². The molecule has 0 spiro atoms. The molecule has 2 rings (SSSR count). The van der Waals surface area contributed by atoms with Crippen molar-refractivity contribution in [2.45, 2.75) is 53.4 Å². The molecule has 1 N–H and O–H groups in total. The Balaban J connectivity index is 2.03. The van der Waals surface area contributed by atoms with Crippen LogP contribution in [0.4, 0.5) is 0 Å². The van der Waals surface area contributed by atoms with Crippen molar-refractivity contribution in [1.82, 2.24) is 24.6 Å². The normalized spacial score (nSPS) is 11.4. The summed E-state index contributed by atoms with van der Waals surface area (Å²) < 4.78 is 4.16. The highest BCUT2D eigenvalue weighted by molar-refractivity contribution is 5.24. The number of hydrogen-bond donors (Lipinski definition) is 1. The molecule has 0 unspecified atom stereocenters. The number of aromatic nitrogens is 4. The van der Waals surface area contributed by atoms with Gasteiger partial charge in [0, 0.05) is 42.8 Å². The van der Waals surface area contributed by atoms with E-state index < -0.39 is 0 Å². The van der Waals surface area contributed by atoms with E-state index in [0.717, 1.165) is 25.3 Å². The second kappa shape index (κ2) is 6.02. The fourth-order valence-corrected chi connectivity index (χ4v) is 2.14. The Labute approximate surface area is 114 Å². The second-order valence-corrected chi connectivity index (χ2v) is 5.21. The molecule has 0 aliphatic heterocycles. The fourth-order valence-electron chi connectivity index (χ4n) is 2.14. The van der Waals surface area contributed by atoms with Crippen LogP contribution in [0.15, 0.2) is 18.7 Å². The first kappa shape index (κ1) is 13.8. The molecule has 0 saturated carbocycles. The lowest BCUT2D eigenvalue weighted by molar-refractivity contribution is 0.519. The molecule has 5 heteroatoms. The largest absolute Gasteiger partial charge is 0.336 e. The van der Waals surface area contributed by atoms with E-state index in [1.54, 1.807) is 6.20 Å². The van der Waals surface area contributed by atoms with Gasteiger partial charge in [0.2, 0.25) is 0 Å². The summed E-state index contributed by atoms with van der Waals surface area (Å²) in [5.41, 5.74) is 3.70. The molecule has 104 valence electrons. The molecule has 2 heterocycles. The Morgan fingerprint density at radius 2 is 2.05 bits per heavy atom. The van der Waals surface area contributed by atoms with Crippen LogP contribution in [0, 0.1) is 13.8 Å². The smallest absolute Gasteiger partial charge is 0.0946 e. The molecule has 2 aromatic rings. The predicted octanol–water partition coefficient (Wildman–Crippen LogP) is 1.89. The predicted molar refractivity (Wildman–Crippen MR) is 75.9 cm³/mol. The average Bonchev–Trinajstić information content (AvgIpc) is 2.94. The molecule has 0 aromatic carbocycles. The third-order valence-electron chi connectivity index (χ3n) is 3.35. The van der Waals surface area contributed by atoms with Crippen molar-refractivity contribution in [3.63, 3.8) is 0 Å². The monoisotopic (exact) mass is 261 g/mol. The van der Waals surface area contributed by atoms with Gasteiger partial charge in [0.25, 0.3) is 0 Å². The van der Waals surface area contributed by atoms with Crippen molar-refractivity contribution in [1.29, 1.82) is 0 Å². The van der Waals surface area contributed by atoms with Gasteiger partial charge < -0.3 is 9.88 Å². The van der Waals surface area contributed by atoms with Crippen LogP contribution in [0.25, 0.3) is 0 Å². The van der Waals surface area contributed by atoms with Gasteiger partial charge >= 0.3 is 0 Å². The van der Waals surface area contributed by atoms with Crippen LogP contribution >= 0.6 is 0 Å². The molecule has 0 aliphatic rings. The molecule has 5 nitrogen and oxygen atoms in total. The van der Waals surface area contributed by atoms with E-state index >= 15 is 0 Å². The first-order valence-corrected chi connectivity index (χ1v) is 6.80. The summed E-state index contributed by atoms with van der Waals surface area (Å²) in [7, 11) is 0. The number of nitrogens with one attached hydrogen (secondary N) is 1. The maximum Gasteiger partial charge on any atom is 0.0946 e. The van der Waals surface area contributed by atoms with Crippen molar-refractivity contribution >= 4 is 0 Å². The van der Waals surface area contributed by atoms with Crippen molar-refractivity contribution in [2.24, 2.45) is 0 Å². The van der Waals surface area contributed by atoms with Crippen LogP contribution in [0.3, 0.4) is 0 Å². The van der Waals surface area contributed by atoms with E-state index in [0.29, 0.717) is 6.04 Å². The van der Waals surface area contributed by atoms with Crippen LogP contribution in [0.5, 0.6) is 0 Å². The van der Waals surface area contributed by atoms with Gasteiger partial charge in [-0.05, 0) is 13.8 Å². The van der Waals surface area contributed by atoms with E-state index in [9.17, 15) is 0 Å². The van der Waals surface area contributed by atoms with Crippen molar-refractivity contribution in [2.75, 3.05) is 0 Å². The van der Waals surface area contributed by atoms with E-state index in [1.807, 2.05) is 12.5 Å². The van der Waals surface area contributed by atoms with Gasteiger partial charge in [-0.1, -0.05) is 13.8 Å². The minimum atomic E-state index is 0.494. The highest BCUT2D eigenvalue weighted by atomic mass is 15.3. The van der Waals surface area contributed by atoms with Gasteiger partial charge in [0.15, 0.2) is 0 Å². The second-order valence-electron chi connectivity index (χ2n) is 5.21. The van der Waals surface area contributed by atoms with Crippen LogP contribution in [0.2, 0.25) is 0 Å². The minimum Gasteiger partial charge on any atom is -0.336 e. The fraction of sp³-hybridized carbons (Fsp3) is 0.571. The summed E-state index contributed by atoms with van der Waals surface area (Å²) in [6.45, 7) is 11.2. The summed E-state index contributed by atoms with van der Waals surface area (Å²) >= 11 is 0. The minimum absolute atomic E-state index is 0.494. The zero-order chi connectivity index (χ0) is 13.8. The lowest BCUT2D eigenvalue weighted by atomic mass is 10.2. The van der Waals surface area contributed by atoms with Crippen molar-refractivity contribution in [3.05, 3.63) is 35.7 Å². The van der Waals surface area contributed by atoms with Crippen LogP contribution in [0.1, 0.15) is 30.8 Å². The van der Waals surface area contributed by atoms with Gasteiger partial charge in [-0.2, -0.15) is 5.10 Å². The lowest BCUT2D eigenvalue weighted by Gasteiger charge is -2.09. The SMILES string of the molecule is Cc1nn(CCn2ccnc2)c(C)c1CNC(C)C. The first-order chi connectivity index (χ1) is 9.08. The summed E-state index contributed by atoms with van der Waals surface area (Å²) in [6.07, 6.45) is 5.62. The Kier molecular flexibility index (Phi) is 4.37. The summed E-state index contributed by atoms with van der Waals surface area (Å²) in [6, 6.07) is 0.494. The number of aryl methyl sites for hydroxylation is 3. The molecule has 19 heavy (non-hydrogen) atoms. The third kappa shape index (κ3) is 3.44. The number of rotatable bonds is 6. The van der Waals surface area contributed by atoms with Gasteiger partial charge in [0.1, 0.15) is 0 Å². The van der Waals surface area contributed by atoms with Crippen LogP contribution < -0.4 is 5.32 Å². The molecular weight excluding hydrogens is 238 g/mol. The van der Waals surface area contributed by atoms with Crippen LogP contribution in [-0.4, -0.2) is 25.4 Å². The molecule has 0 bridgehead atoms. The van der Waals surface area contributed by atoms with E-state index in [4.69, 9.17) is 0 Å². The molecule has 0 amide bonds. The molecular formula is C14H23N5. The summed E-state index contributed by atoms with van der Waals surface area (Å²) in [5, 5.41) is 8.09. The van der Waals surface area contributed by atoms with Crippen LogP contribution in [-0.2, 0) is 19.6 Å². The molecule has 2 aromatic heterocycles. The van der Waals surface area contributed by atoms with Gasteiger partial charge in [-0.3, -0.25) is 4.68 Å². The molecule has 0 radical (unpaired) electrons. The standard InChI is InChI=1S/C14H23N5/c1-11(2)16-9-14-12(3)17-19(13(14)4)8-7-18-6-5-15-10-18/h5-6,10-11,16H,7-9H2,1-4H3. The van der Waals surface area contributed by atoms with E-state index in [1.165, 1.54) is 11.3 Å². The Morgan fingerprint density at radius 3 is 2.68 bits per heavy atom. The lowest BCUT2D eigenvalue weighted by Crippen LogP contribution is -2.22. The Hall–Kier alpha value is -1.62. The first-order valence-electron chi connectivity index (χ1n) is 6.80. The number of hydrogen-bond acceptors (Lipinski definition) is 3. The maximum absolute atomic E-state index is 4.63. The zero-order valence-electron chi connectivity index (χ0n) is 12.2. The zero-order valence-corrected chi connectivity index (χ0v) is 12.2. The van der Waals surface area contributed by atoms with Crippen molar-refractivity contribution in [3.8, 4) is 0 Å². The quantitative estimate of drug-likeness (QED) is 0.864. The molecule has 0 saturated heterocycles. The van der Waals surface area contributed by atoms with E-state index in [-0.39, 0.29) is 0 Å². The molecule has 0 aliphatic carbocycles. The summed E-state index contributed by atoms with van der Waals surface area (Å²) in [4.78, 5) is 4.05. The summed E-state index contributed by atoms with van der Waals surface area (Å²) in [5.74, 6) is 0.